The van der Waals surface area contributed by atoms with Gasteiger partial charge >= 0.3 is 0 Å². The average Bonchev–Trinajstić information content (AvgIpc) is 2.97. The summed E-state index contributed by atoms with van der Waals surface area (Å²) in [5.74, 6) is 1.82. The van der Waals surface area contributed by atoms with Crippen LogP contribution in [0.1, 0.15) is 24.0 Å². The fourth-order valence-electron chi connectivity index (χ4n) is 3.51. The van der Waals surface area contributed by atoms with Crippen LogP contribution in [0.5, 0.6) is 11.5 Å². The highest BCUT2D eigenvalue weighted by molar-refractivity contribution is 5.84. The Morgan fingerprint density at radius 2 is 1.92 bits per heavy atom. The quantitative estimate of drug-likeness (QED) is 0.711. The van der Waals surface area contributed by atoms with Crippen molar-refractivity contribution in [2.24, 2.45) is 12.8 Å². The van der Waals surface area contributed by atoms with E-state index in [0.29, 0.717) is 13.2 Å². The lowest BCUT2D eigenvalue weighted by molar-refractivity contribution is 0.309. The summed E-state index contributed by atoms with van der Waals surface area (Å²) >= 11 is 0. The number of rotatable bonds is 7. The molecule has 1 heterocycles. The molecule has 0 aliphatic heterocycles. The van der Waals surface area contributed by atoms with Gasteiger partial charge in [-0.2, -0.15) is 0 Å². The van der Waals surface area contributed by atoms with Crippen LogP contribution in [0.4, 0.5) is 0 Å². The van der Waals surface area contributed by atoms with Gasteiger partial charge in [-0.05, 0) is 43.1 Å². The fraction of sp³-hybridized carbons (Fsp3) is 0.333. The molecule has 0 aliphatic carbocycles. The first-order valence-corrected chi connectivity index (χ1v) is 8.72. The molecular formula is C21H26N2O2. The van der Waals surface area contributed by atoms with E-state index in [9.17, 15) is 0 Å². The third-order valence-corrected chi connectivity index (χ3v) is 4.68. The molecule has 3 rings (SSSR count). The number of aryl methyl sites for hydroxylation is 1. The van der Waals surface area contributed by atoms with Crippen LogP contribution in [-0.2, 0) is 13.5 Å². The molecular weight excluding hydrogens is 312 g/mol. The summed E-state index contributed by atoms with van der Waals surface area (Å²) < 4.78 is 13.5. The lowest BCUT2D eigenvalue weighted by Crippen LogP contribution is -2.15. The molecule has 4 heteroatoms. The number of fused-ring (bicyclic) bond motifs is 1. The van der Waals surface area contributed by atoms with E-state index in [4.69, 9.17) is 15.2 Å². The molecule has 0 fully saturated rings. The van der Waals surface area contributed by atoms with Crippen molar-refractivity contribution in [2.45, 2.75) is 19.3 Å². The van der Waals surface area contributed by atoms with Crippen LogP contribution in [-0.4, -0.2) is 24.8 Å². The Balaban J connectivity index is 1.99. The second-order valence-electron chi connectivity index (χ2n) is 6.23. The van der Waals surface area contributed by atoms with Gasteiger partial charge in [-0.15, -0.1) is 0 Å². The Morgan fingerprint density at radius 1 is 1.12 bits per heavy atom. The van der Waals surface area contributed by atoms with Gasteiger partial charge in [0.15, 0.2) is 11.5 Å². The van der Waals surface area contributed by atoms with Crippen molar-refractivity contribution in [1.29, 1.82) is 0 Å². The van der Waals surface area contributed by atoms with Gasteiger partial charge in [0.1, 0.15) is 0 Å². The van der Waals surface area contributed by atoms with Gasteiger partial charge in [-0.1, -0.05) is 30.3 Å². The number of hydrogen-bond donors (Lipinski definition) is 1. The highest BCUT2D eigenvalue weighted by atomic mass is 16.5. The Labute approximate surface area is 149 Å². The van der Waals surface area contributed by atoms with Crippen LogP contribution >= 0.6 is 0 Å². The van der Waals surface area contributed by atoms with E-state index < -0.39 is 0 Å². The van der Waals surface area contributed by atoms with Crippen LogP contribution in [0.3, 0.4) is 0 Å². The van der Waals surface area contributed by atoms with Crippen LogP contribution in [0.15, 0.2) is 48.7 Å². The molecule has 2 N–H and O–H groups in total. The van der Waals surface area contributed by atoms with Crippen molar-refractivity contribution in [1.82, 2.24) is 4.57 Å². The van der Waals surface area contributed by atoms with E-state index in [-0.39, 0.29) is 5.92 Å². The van der Waals surface area contributed by atoms with E-state index in [2.05, 4.69) is 48.1 Å². The topological polar surface area (TPSA) is 49.4 Å². The number of ether oxygens (including phenoxy) is 2. The van der Waals surface area contributed by atoms with Gasteiger partial charge in [-0.25, -0.2) is 0 Å². The SMILES string of the molecule is CCOc1cccc(CC(CN)c2cn(C)c3ccccc23)c1OC. The molecule has 1 aromatic heterocycles. The second kappa shape index (κ2) is 7.62. The lowest BCUT2D eigenvalue weighted by atomic mass is 9.91. The largest absolute Gasteiger partial charge is 0.493 e. The molecule has 0 saturated heterocycles. The van der Waals surface area contributed by atoms with Gasteiger partial charge in [0.25, 0.3) is 0 Å². The summed E-state index contributed by atoms with van der Waals surface area (Å²) in [7, 11) is 3.77. The summed E-state index contributed by atoms with van der Waals surface area (Å²) in [6.07, 6.45) is 3.01. The van der Waals surface area contributed by atoms with Crippen molar-refractivity contribution in [3.8, 4) is 11.5 Å². The highest BCUT2D eigenvalue weighted by Gasteiger charge is 2.19. The summed E-state index contributed by atoms with van der Waals surface area (Å²) in [6.45, 7) is 3.17. The zero-order valence-electron chi connectivity index (χ0n) is 15.2. The number of nitrogens with zero attached hydrogens (tertiary/aromatic N) is 1. The van der Waals surface area contributed by atoms with Crippen molar-refractivity contribution >= 4 is 10.9 Å². The summed E-state index contributed by atoms with van der Waals surface area (Å²) in [6, 6.07) is 14.5. The average molecular weight is 338 g/mol. The summed E-state index contributed by atoms with van der Waals surface area (Å²) in [4.78, 5) is 0. The maximum Gasteiger partial charge on any atom is 0.163 e. The normalized spacial score (nSPS) is 12.3. The minimum absolute atomic E-state index is 0.219. The summed E-state index contributed by atoms with van der Waals surface area (Å²) in [5, 5.41) is 1.26. The highest BCUT2D eigenvalue weighted by Crippen LogP contribution is 2.36. The van der Waals surface area contributed by atoms with E-state index in [1.165, 1.54) is 16.5 Å². The van der Waals surface area contributed by atoms with Gasteiger partial charge in [-0.3, -0.25) is 0 Å². The number of nitrogens with two attached hydrogens (primary N) is 1. The number of benzene rings is 2. The Kier molecular flexibility index (Phi) is 5.29. The van der Waals surface area contributed by atoms with Gasteiger partial charge in [0.2, 0.25) is 0 Å². The number of para-hydroxylation sites is 2. The maximum atomic E-state index is 6.16. The minimum atomic E-state index is 0.219. The van der Waals surface area contributed by atoms with Crippen molar-refractivity contribution in [3.05, 3.63) is 59.8 Å². The zero-order valence-corrected chi connectivity index (χ0v) is 15.2. The monoisotopic (exact) mass is 338 g/mol. The standard InChI is InChI=1S/C21H26N2O2/c1-4-25-20-11-7-8-15(21(20)24-3)12-16(13-22)18-14-23(2)19-10-6-5-9-17(18)19/h5-11,14,16H,4,12-13,22H2,1-3H3. The number of methoxy groups -OCH3 is 1. The smallest absolute Gasteiger partial charge is 0.163 e. The second-order valence-corrected chi connectivity index (χ2v) is 6.23. The van der Waals surface area contributed by atoms with Gasteiger partial charge in [0.05, 0.1) is 13.7 Å². The molecule has 2 aromatic carbocycles. The van der Waals surface area contributed by atoms with E-state index in [1.807, 2.05) is 19.1 Å². The Hall–Kier alpha value is -2.46. The third-order valence-electron chi connectivity index (χ3n) is 4.68. The van der Waals surface area contributed by atoms with E-state index >= 15 is 0 Å². The first-order chi connectivity index (χ1) is 12.2. The van der Waals surface area contributed by atoms with Crippen molar-refractivity contribution in [2.75, 3.05) is 20.3 Å². The number of hydrogen-bond acceptors (Lipinski definition) is 3. The molecule has 0 aliphatic rings. The molecule has 1 unspecified atom stereocenters. The predicted octanol–water partition coefficient (Wildman–Crippen LogP) is 3.87. The molecule has 25 heavy (non-hydrogen) atoms. The Morgan fingerprint density at radius 3 is 2.64 bits per heavy atom. The van der Waals surface area contributed by atoms with E-state index in [1.54, 1.807) is 7.11 Å². The molecule has 3 aromatic rings. The van der Waals surface area contributed by atoms with Crippen molar-refractivity contribution < 1.29 is 9.47 Å². The van der Waals surface area contributed by atoms with Crippen molar-refractivity contribution in [3.63, 3.8) is 0 Å². The first kappa shape index (κ1) is 17.4. The van der Waals surface area contributed by atoms with E-state index in [0.717, 1.165) is 23.5 Å². The van der Waals surface area contributed by atoms with Crippen LogP contribution in [0.25, 0.3) is 10.9 Å². The third kappa shape index (κ3) is 3.35. The summed E-state index contributed by atoms with van der Waals surface area (Å²) in [5.41, 5.74) is 9.79. The molecule has 0 saturated carbocycles. The number of aromatic nitrogens is 1. The minimum Gasteiger partial charge on any atom is -0.493 e. The van der Waals surface area contributed by atoms with Crippen LogP contribution < -0.4 is 15.2 Å². The molecule has 0 spiro atoms. The van der Waals surface area contributed by atoms with Crippen LogP contribution in [0, 0.1) is 0 Å². The molecule has 0 amide bonds. The maximum absolute atomic E-state index is 6.16. The fourth-order valence-corrected chi connectivity index (χ4v) is 3.51. The van der Waals surface area contributed by atoms with Crippen LogP contribution in [0.2, 0.25) is 0 Å². The molecule has 132 valence electrons. The predicted molar refractivity (Wildman–Crippen MR) is 103 cm³/mol. The van der Waals surface area contributed by atoms with Gasteiger partial charge in [0, 0.05) is 30.1 Å². The molecule has 4 nitrogen and oxygen atoms in total. The van der Waals surface area contributed by atoms with Gasteiger partial charge < -0.3 is 19.8 Å². The molecule has 0 bridgehead atoms. The first-order valence-electron chi connectivity index (χ1n) is 8.72. The lowest BCUT2D eigenvalue weighted by Gasteiger charge is -2.18. The molecule has 0 radical (unpaired) electrons. The zero-order chi connectivity index (χ0) is 17.8. The Bertz CT molecular complexity index is 854. The molecule has 1 atom stereocenters.